The zero-order valence-corrected chi connectivity index (χ0v) is 15.1. The third-order valence-corrected chi connectivity index (χ3v) is 4.82. The van der Waals surface area contributed by atoms with Crippen LogP contribution in [0.1, 0.15) is 58.4 Å². The third kappa shape index (κ3) is 4.00. The van der Waals surface area contributed by atoms with Crippen LogP contribution in [0.3, 0.4) is 0 Å². The van der Waals surface area contributed by atoms with Crippen LogP contribution < -0.4 is 4.74 Å². The maximum Gasteiger partial charge on any atom is 0.410 e. The van der Waals surface area contributed by atoms with Crippen LogP contribution in [-0.4, -0.2) is 40.8 Å². The molecule has 2 aliphatic rings. The smallest absolute Gasteiger partial charge is 0.410 e. The molecule has 3 atom stereocenters. The van der Waals surface area contributed by atoms with Crippen molar-refractivity contribution in [3.05, 3.63) is 24.0 Å². The molecule has 0 aromatic carbocycles. The number of pyridine rings is 1. The summed E-state index contributed by atoms with van der Waals surface area (Å²) >= 11 is 0. The van der Waals surface area contributed by atoms with Gasteiger partial charge in [0.1, 0.15) is 18.0 Å². The van der Waals surface area contributed by atoms with Gasteiger partial charge in [-0.25, -0.2) is 4.79 Å². The van der Waals surface area contributed by atoms with E-state index >= 15 is 0 Å². The first-order valence-corrected chi connectivity index (χ1v) is 8.94. The number of rotatable bonds is 5. The zero-order valence-electron chi connectivity index (χ0n) is 15.1. The molecular formula is C19H28N2O3. The average molecular weight is 332 g/mol. The normalized spacial score (nSPS) is 25.8. The summed E-state index contributed by atoms with van der Waals surface area (Å²) in [4.78, 5) is 18.2. The van der Waals surface area contributed by atoms with E-state index < -0.39 is 5.60 Å². The molecule has 132 valence electrons. The Labute approximate surface area is 144 Å². The van der Waals surface area contributed by atoms with E-state index in [-0.39, 0.29) is 12.1 Å². The Morgan fingerprint density at radius 2 is 2.17 bits per heavy atom. The molecule has 24 heavy (non-hydrogen) atoms. The summed E-state index contributed by atoms with van der Waals surface area (Å²) in [6.07, 6.45) is 6.89. The van der Waals surface area contributed by atoms with Crippen molar-refractivity contribution in [2.24, 2.45) is 5.92 Å². The van der Waals surface area contributed by atoms with E-state index in [1.165, 1.54) is 18.4 Å². The lowest BCUT2D eigenvalue weighted by Gasteiger charge is -2.40. The fourth-order valence-corrected chi connectivity index (χ4v) is 3.19. The summed E-state index contributed by atoms with van der Waals surface area (Å²) in [5.41, 5.74) is 0.813. The minimum Gasteiger partial charge on any atom is -0.490 e. The van der Waals surface area contributed by atoms with Crippen LogP contribution in [0.5, 0.6) is 5.75 Å². The molecule has 3 unspecified atom stereocenters. The van der Waals surface area contributed by atoms with Crippen molar-refractivity contribution in [1.29, 1.82) is 0 Å². The first-order chi connectivity index (χ1) is 11.4. The van der Waals surface area contributed by atoms with Gasteiger partial charge in [-0.2, -0.15) is 0 Å². The van der Waals surface area contributed by atoms with Gasteiger partial charge < -0.3 is 14.4 Å². The maximum atomic E-state index is 12.1. The van der Waals surface area contributed by atoms with Gasteiger partial charge in [0.05, 0.1) is 12.2 Å². The van der Waals surface area contributed by atoms with Crippen molar-refractivity contribution >= 4 is 6.09 Å². The van der Waals surface area contributed by atoms with E-state index in [0.717, 1.165) is 24.6 Å². The summed E-state index contributed by atoms with van der Waals surface area (Å²) in [5, 5.41) is 0. The van der Waals surface area contributed by atoms with Gasteiger partial charge in [0.15, 0.2) is 0 Å². The van der Waals surface area contributed by atoms with Crippen LogP contribution in [0.25, 0.3) is 0 Å². The number of ether oxygens (including phenoxy) is 2. The molecule has 3 rings (SSSR count). The Kier molecular flexibility index (Phi) is 4.70. The molecule has 1 aliphatic heterocycles. The van der Waals surface area contributed by atoms with Gasteiger partial charge in [-0.1, -0.05) is 13.3 Å². The van der Waals surface area contributed by atoms with Gasteiger partial charge in [0.25, 0.3) is 0 Å². The molecule has 2 heterocycles. The van der Waals surface area contributed by atoms with Crippen molar-refractivity contribution in [2.45, 2.75) is 64.5 Å². The van der Waals surface area contributed by atoms with Gasteiger partial charge in [0, 0.05) is 12.7 Å². The number of hydrogen-bond acceptors (Lipinski definition) is 4. The SMILES string of the molecule is CCC1CC1c1cncc(OCC2CCN2C(=O)OC(C)(C)C)c1. The fraction of sp³-hybridized carbons (Fsp3) is 0.684. The van der Waals surface area contributed by atoms with E-state index in [2.05, 4.69) is 18.0 Å². The van der Waals surface area contributed by atoms with Crippen LogP contribution in [-0.2, 0) is 4.74 Å². The quantitative estimate of drug-likeness (QED) is 0.818. The molecule has 0 bridgehead atoms. The molecule has 1 aromatic heterocycles. The Morgan fingerprint density at radius 3 is 2.75 bits per heavy atom. The maximum absolute atomic E-state index is 12.1. The molecule has 1 amide bonds. The second-order valence-electron chi connectivity index (χ2n) is 7.89. The van der Waals surface area contributed by atoms with Gasteiger partial charge in [-0.3, -0.25) is 4.98 Å². The highest BCUT2D eigenvalue weighted by Crippen LogP contribution is 2.49. The molecule has 1 aromatic rings. The third-order valence-electron chi connectivity index (χ3n) is 4.82. The molecule has 5 heteroatoms. The monoisotopic (exact) mass is 332 g/mol. The minimum atomic E-state index is -0.462. The topological polar surface area (TPSA) is 51.7 Å². The van der Waals surface area contributed by atoms with Gasteiger partial charge in [0.2, 0.25) is 0 Å². The molecule has 0 N–H and O–H groups in total. The van der Waals surface area contributed by atoms with E-state index in [4.69, 9.17) is 9.47 Å². The van der Waals surface area contributed by atoms with Gasteiger partial charge in [-0.15, -0.1) is 0 Å². The molecule has 0 radical (unpaired) electrons. The number of hydrogen-bond donors (Lipinski definition) is 0. The van der Waals surface area contributed by atoms with Gasteiger partial charge in [-0.05, 0) is 57.1 Å². The largest absolute Gasteiger partial charge is 0.490 e. The second kappa shape index (κ2) is 6.61. The first-order valence-electron chi connectivity index (χ1n) is 8.94. The van der Waals surface area contributed by atoms with Crippen LogP contribution in [0.2, 0.25) is 0 Å². The number of nitrogens with zero attached hydrogens (tertiary/aromatic N) is 2. The summed E-state index contributed by atoms with van der Waals surface area (Å²) in [6.45, 7) is 9.12. The van der Waals surface area contributed by atoms with Crippen LogP contribution in [0.4, 0.5) is 4.79 Å². The van der Waals surface area contributed by atoms with Crippen molar-refractivity contribution in [2.75, 3.05) is 13.2 Å². The van der Waals surface area contributed by atoms with Crippen molar-refractivity contribution < 1.29 is 14.3 Å². The Hall–Kier alpha value is -1.78. The summed E-state index contributed by atoms with van der Waals surface area (Å²) in [6, 6.07) is 2.19. The van der Waals surface area contributed by atoms with Crippen LogP contribution >= 0.6 is 0 Å². The Bertz CT molecular complexity index is 597. The predicted molar refractivity (Wildman–Crippen MR) is 92.2 cm³/mol. The van der Waals surface area contributed by atoms with Crippen molar-refractivity contribution in [1.82, 2.24) is 9.88 Å². The van der Waals surface area contributed by atoms with Crippen LogP contribution in [0, 0.1) is 5.92 Å². The Morgan fingerprint density at radius 1 is 1.38 bits per heavy atom. The molecular weight excluding hydrogens is 304 g/mol. The van der Waals surface area contributed by atoms with E-state index in [1.54, 1.807) is 11.1 Å². The summed E-state index contributed by atoms with van der Waals surface area (Å²) in [5.74, 6) is 2.25. The number of amides is 1. The predicted octanol–water partition coefficient (Wildman–Crippen LogP) is 3.98. The molecule has 1 aliphatic carbocycles. The van der Waals surface area contributed by atoms with E-state index in [9.17, 15) is 4.79 Å². The molecule has 2 fully saturated rings. The van der Waals surface area contributed by atoms with Gasteiger partial charge >= 0.3 is 6.09 Å². The summed E-state index contributed by atoms with van der Waals surface area (Å²) in [7, 11) is 0. The highest BCUT2D eigenvalue weighted by atomic mass is 16.6. The highest BCUT2D eigenvalue weighted by molar-refractivity contribution is 5.69. The lowest BCUT2D eigenvalue weighted by Crippen LogP contribution is -2.55. The molecule has 1 saturated heterocycles. The molecule has 0 spiro atoms. The zero-order chi connectivity index (χ0) is 17.3. The average Bonchev–Trinajstić information content (AvgIpc) is 3.24. The fourth-order valence-electron chi connectivity index (χ4n) is 3.19. The lowest BCUT2D eigenvalue weighted by atomic mass is 10.1. The second-order valence-corrected chi connectivity index (χ2v) is 7.89. The lowest BCUT2D eigenvalue weighted by molar-refractivity contribution is -0.0141. The number of likely N-dealkylation sites (tertiary alicyclic amines) is 1. The standard InChI is InChI=1S/C19H28N2O3/c1-5-13-9-17(13)14-8-16(11-20-10-14)23-12-15-6-7-21(15)18(22)24-19(2,3)4/h8,10-11,13,15,17H,5-7,9,12H2,1-4H3. The van der Waals surface area contributed by atoms with Crippen molar-refractivity contribution in [3.8, 4) is 5.75 Å². The summed E-state index contributed by atoms with van der Waals surface area (Å²) < 4.78 is 11.3. The number of aromatic nitrogens is 1. The van der Waals surface area contributed by atoms with Crippen molar-refractivity contribution in [3.63, 3.8) is 0 Å². The molecule has 5 nitrogen and oxygen atoms in total. The number of carbonyl (C=O) groups is 1. The highest BCUT2D eigenvalue weighted by Gasteiger charge is 2.37. The number of carbonyl (C=O) groups excluding carboxylic acids is 1. The van der Waals surface area contributed by atoms with E-state index in [1.807, 2.05) is 27.0 Å². The minimum absolute atomic E-state index is 0.0906. The molecule has 1 saturated carbocycles. The van der Waals surface area contributed by atoms with E-state index in [0.29, 0.717) is 12.5 Å². The van der Waals surface area contributed by atoms with Crippen LogP contribution in [0.15, 0.2) is 18.5 Å². The Balaban J connectivity index is 1.51. The first kappa shape index (κ1) is 17.1.